The Bertz CT molecular complexity index is 980. The van der Waals surface area contributed by atoms with E-state index >= 15 is 0 Å². The molecule has 0 atom stereocenters. The number of hydrogen-bond donors (Lipinski definition) is 1. The molecule has 0 saturated carbocycles. The highest BCUT2D eigenvalue weighted by molar-refractivity contribution is 7.89. The first-order chi connectivity index (χ1) is 11.2. The van der Waals surface area contributed by atoms with Crippen molar-refractivity contribution in [3.05, 3.63) is 58.7 Å². The topological polar surface area (TPSA) is 97.5 Å². The number of sulfonamides is 1. The van der Waals surface area contributed by atoms with Gasteiger partial charge in [-0.2, -0.15) is 0 Å². The van der Waals surface area contributed by atoms with Gasteiger partial charge in [-0.15, -0.1) is 0 Å². The molecule has 2 aromatic rings. The highest BCUT2D eigenvalue weighted by atomic mass is 32.2. The minimum Gasteiger partial charge on any atom is -0.300 e. The maximum Gasteiger partial charge on any atom is 0.299 e. The average molecular weight is 344 g/mol. The van der Waals surface area contributed by atoms with Crippen LogP contribution < -0.4 is 10.0 Å². The Balaban J connectivity index is 2.01. The molecule has 0 saturated heterocycles. The summed E-state index contributed by atoms with van der Waals surface area (Å²) >= 11 is 0. The lowest BCUT2D eigenvalue weighted by molar-refractivity contribution is -0.114. The molecule has 1 aliphatic rings. The number of nitrogens with two attached hydrogens (primary N) is 1. The molecule has 3 rings (SSSR count). The maximum absolute atomic E-state index is 12.3. The molecule has 2 N–H and O–H groups in total. The summed E-state index contributed by atoms with van der Waals surface area (Å²) in [5.74, 6) is -1.39. The van der Waals surface area contributed by atoms with E-state index in [-0.39, 0.29) is 17.0 Å². The normalized spacial score (nSPS) is 14.2. The van der Waals surface area contributed by atoms with Crippen molar-refractivity contribution in [2.45, 2.75) is 25.3 Å². The van der Waals surface area contributed by atoms with E-state index < -0.39 is 21.7 Å². The number of Topliss-reactive ketones (excluding diaryl/α,β-unsaturated/α-hetero) is 1. The number of primary sulfonamides is 1. The first-order valence-corrected chi connectivity index (χ1v) is 8.82. The summed E-state index contributed by atoms with van der Waals surface area (Å²) < 4.78 is 22.9. The molecule has 7 heteroatoms. The molecule has 0 aromatic heterocycles. The molecular weight excluding hydrogens is 328 g/mol. The Morgan fingerprint density at radius 3 is 2.33 bits per heavy atom. The van der Waals surface area contributed by atoms with Crippen LogP contribution in [0, 0.1) is 13.8 Å². The zero-order valence-electron chi connectivity index (χ0n) is 13.2. The van der Waals surface area contributed by atoms with E-state index in [0.717, 1.165) is 22.8 Å². The predicted octanol–water partition coefficient (Wildman–Crippen LogP) is 1.68. The molecule has 0 fully saturated rings. The third kappa shape index (κ3) is 2.72. The molecule has 0 aliphatic carbocycles. The molecule has 0 unspecified atom stereocenters. The van der Waals surface area contributed by atoms with Crippen molar-refractivity contribution in [1.29, 1.82) is 0 Å². The summed E-state index contributed by atoms with van der Waals surface area (Å²) in [6, 6.07) is 9.72. The number of carbonyl (C=O) groups is 2. The number of rotatable bonds is 3. The Morgan fingerprint density at radius 1 is 1.00 bits per heavy atom. The number of nitrogens with zero attached hydrogens (tertiary/aromatic N) is 1. The van der Waals surface area contributed by atoms with Crippen LogP contribution in [0.2, 0.25) is 0 Å². The van der Waals surface area contributed by atoms with Gasteiger partial charge in [0.25, 0.3) is 11.7 Å². The molecule has 2 aromatic carbocycles. The van der Waals surface area contributed by atoms with Crippen molar-refractivity contribution in [3.8, 4) is 0 Å². The van der Waals surface area contributed by atoms with Gasteiger partial charge in [-0.1, -0.05) is 18.2 Å². The van der Waals surface area contributed by atoms with Crippen LogP contribution in [0.3, 0.4) is 0 Å². The Kier molecular flexibility index (Phi) is 3.77. The van der Waals surface area contributed by atoms with Crippen molar-refractivity contribution in [3.63, 3.8) is 0 Å². The van der Waals surface area contributed by atoms with Crippen LogP contribution in [-0.4, -0.2) is 20.1 Å². The smallest absolute Gasteiger partial charge is 0.299 e. The fraction of sp³-hybridized carbons (Fsp3) is 0.176. The van der Waals surface area contributed by atoms with Crippen molar-refractivity contribution < 1.29 is 18.0 Å². The zero-order valence-corrected chi connectivity index (χ0v) is 14.1. The first kappa shape index (κ1) is 16.4. The summed E-state index contributed by atoms with van der Waals surface area (Å²) in [7, 11) is -3.93. The van der Waals surface area contributed by atoms with Crippen LogP contribution in [0.25, 0.3) is 0 Å². The molecule has 1 amide bonds. The van der Waals surface area contributed by atoms with Gasteiger partial charge in [0.05, 0.1) is 22.7 Å². The summed E-state index contributed by atoms with van der Waals surface area (Å²) in [5.41, 5.74) is 3.59. The number of fused-ring (bicyclic) bond motifs is 1. The van der Waals surface area contributed by atoms with Gasteiger partial charge in [-0.3, -0.25) is 9.59 Å². The predicted molar refractivity (Wildman–Crippen MR) is 89.3 cm³/mol. The molecule has 124 valence electrons. The monoisotopic (exact) mass is 344 g/mol. The lowest BCUT2D eigenvalue weighted by Crippen LogP contribution is -2.29. The Labute approximate surface area is 139 Å². The maximum atomic E-state index is 12.3. The number of anilines is 1. The standard InChI is InChI=1S/C17H16N2O4S/c1-10-3-4-12(7-11(10)2)9-19-15-6-5-13(24(18,22)23)8-14(15)16(20)17(19)21/h3-8H,9H2,1-2H3,(H2,18,22,23). The van der Waals surface area contributed by atoms with Crippen molar-refractivity contribution in [1.82, 2.24) is 0 Å². The Morgan fingerprint density at radius 2 is 1.71 bits per heavy atom. The van der Waals surface area contributed by atoms with Gasteiger partial charge in [-0.25, -0.2) is 13.6 Å². The number of benzene rings is 2. The lowest BCUT2D eigenvalue weighted by Gasteiger charge is -2.17. The Hall–Kier alpha value is -2.51. The van der Waals surface area contributed by atoms with Gasteiger partial charge in [-0.05, 0) is 48.7 Å². The van der Waals surface area contributed by atoms with Crippen LogP contribution in [0.1, 0.15) is 27.0 Å². The molecule has 1 heterocycles. The van der Waals surface area contributed by atoms with E-state index in [1.54, 1.807) is 0 Å². The van der Waals surface area contributed by atoms with Crippen LogP contribution in [0.15, 0.2) is 41.3 Å². The second-order valence-corrected chi connectivity index (χ2v) is 7.42. The largest absolute Gasteiger partial charge is 0.300 e. The molecule has 1 aliphatic heterocycles. The van der Waals surface area contributed by atoms with Gasteiger partial charge in [0.1, 0.15) is 0 Å². The fourth-order valence-corrected chi connectivity index (χ4v) is 3.24. The number of hydrogen-bond acceptors (Lipinski definition) is 4. The quantitative estimate of drug-likeness (QED) is 0.857. The second-order valence-electron chi connectivity index (χ2n) is 5.86. The minimum absolute atomic E-state index is 0.0651. The van der Waals surface area contributed by atoms with Crippen molar-refractivity contribution in [2.75, 3.05) is 4.90 Å². The average Bonchev–Trinajstić information content (AvgIpc) is 2.75. The molecule has 0 bridgehead atoms. The third-order valence-corrected chi connectivity index (χ3v) is 5.09. The van der Waals surface area contributed by atoms with E-state index in [9.17, 15) is 18.0 Å². The highest BCUT2D eigenvalue weighted by Gasteiger charge is 2.36. The van der Waals surface area contributed by atoms with Gasteiger partial charge in [0.15, 0.2) is 0 Å². The molecule has 24 heavy (non-hydrogen) atoms. The fourth-order valence-electron chi connectivity index (χ4n) is 2.70. The van der Waals surface area contributed by atoms with E-state index in [4.69, 9.17) is 5.14 Å². The van der Waals surface area contributed by atoms with Gasteiger partial charge in [0, 0.05) is 0 Å². The highest BCUT2D eigenvalue weighted by Crippen LogP contribution is 2.32. The SMILES string of the molecule is Cc1ccc(CN2C(=O)C(=O)c3cc(S(N)(=O)=O)ccc32)cc1C. The van der Waals surface area contributed by atoms with E-state index in [0.29, 0.717) is 5.69 Å². The van der Waals surface area contributed by atoms with Crippen molar-refractivity contribution >= 4 is 27.4 Å². The summed E-state index contributed by atoms with van der Waals surface area (Å²) in [6.07, 6.45) is 0. The van der Waals surface area contributed by atoms with Gasteiger partial charge in [0.2, 0.25) is 10.0 Å². The number of carbonyl (C=O) groups excluding carboxylic acids is 2. The molecule has 0 radical (unpaired) electrons. The summed E-state index contributed by atoms with van der Waals surface area (Å²) in [4.78, 5) is 25.6. The second kappa shape index (κ2) is 5.54. The summed E-state index contributed by atoms with van der Waals surface area (Å²) in [5, 5.41) is 5.08. The molecular formula is C17H16N2O4S. The third-order valence-electron chi connectivity index (χ3n) is 4.18. The van der Waals surface area contributed by atoms with Gasteiger partial charge >= 0.3 is 0 Å². The minimum atomic E-state index is -3.93. The molecule has 6 nitrogen and oxygen atoms in total. The van der Waals surface area contributed by atoms with Crippen LogP contribution in [0.4, 0.5) is 5.69 Å². The van der Waals surface area contributed by atoms with Crippen molar-refractivity contribution in [2.24, 2.45) is 5.14 Å². The van der Waals surface area contributed by atoms with Gasteiger partial charge < -0.3 is 4.90 Å². The zero-order chi connectivity index (χ0) is 17.6. The number of ketones is 1. The van der Waals surface area contributed by atoms with Crippen LogP contribution in [-0.2, 0) is 21.4 Å². The lowest BCUT2D eigenvalue weighted by atomic mass is 10.1. The van der Waals surface area contributed by atoms with E-state index in [1.807, 2.05) is 32.0 Å². The first-order valence-electron chi connectivity index (χ1n) is 7.27. The van der Waals surface area contributed by atoms with E-state index in [1.165, 1.54) is 17.0 Å². The number of aryl methyl sites for hydroxylation is 2. The van der Waals surface area contributed by atoms with E-state index in [2.05, 4.69) is 0 Å². The number of amides is 1. The van der Waals surface area contributed by atoms with Crippen LogP contribution in [0.5, 0.6) is 0 Å². The summed E-state index contributed by atoms with van der Waals surface area (Å²) in [6.45, 7) is 4.21. The van der Waals surface area contributed by atoms with Crippen LogP contribution >= 0.6 is 0 Å². The molecule has 0 spiro atoms.